The average Bonchev–Trinajstić information content (AvgIpc) is 2.42. The molecule has 0 aromatic rings. The van der Waals surface area contributed by atoms with Crippen molar-refractivity contribution in [1.29, 1.82) is 0 Å². The van der Waals surface area contributed by atoms with Gasteiger partial charge in [0.05, 0.1) is 7.11 Å². The Morgan fingerprint density at radius 1 is 1.16 bits per heavy atom. The molecule has 0 spiro atoms. The van der Waals surface area contributed by atoms with Crippen molar-refractivity contribution in [3.8, 4) is 0 Å². The standard InChI is InChI=1S/C16H28O3/c1-4-6-7-10-14(11-8-12-17)15(9-5-2)13-16(18)19-3/h8,11-12,14-15H,4-7,9-10,13H2,1-3H3/b11-8+. The monoisotopic (exact) mass is 268 g/mol. The van der Waals surface area contributed by atoms with E-state index >= 15 is 0 Å². The lowest BCUT2D eigenvalue weighted by Gasteiger charge is -2.23. The number of hydrogen-bond acceptors (Lipinski definition) is 3. The summed E-state index contributed by atoms with van der Waals surface area (Å²) in [5.41, 5.74) is 0. The molecular weight excluding hydrogens is 240 g/mol. The Labute approximate surface area is 117 Å². The molecule has 0 rings (SSSR count). The van der Waals surface area contributed by atoms with Gasteiger partial charge in [0.2, 0.25) is 0 Å². The highest BCUT2D eigenvalue weighted by Crippen LogP contribution is 2.28. The molecule has 0 amide bonds. The van der Waals surface area contributed by atoms with Crippen LogP contribution in [0.25, 0.3) is 0 Å². The van der Waals surface area contributed by atoms with Gasteiger partial charge < -0.3 is 4.74 Å². The minimum atomic E-state index is -0.154. The minimum absolute atomic E-state index is 0.154. The van der Waals surface area contributed by atoms with Crippen molar-refractivity contribution in [3.63, 3.8) is 0 Å². The molecule has 2 atom stereocenters. The number of esters is 1. The van der Waals surface area contributed by atoms with E-state index < -0.39 is 0 Å². The number of methoxy groups -OCH3 is 1. The number of hydrogen-bond donors (Lipinski definition) is 0. The van der Waals surface area contributed by atoms with Gasteiger partial charge in [-0.05, 0) is 30.8 Å². The fraction of sp³-hybridized carbons (Fsp3) is 0.750. The average molecular weight is 268 g/mol. The smallest absolute Gasteiger partial charge is 0.305 e. The first-order valence-electron chi connectivity index (χ1n) is 7.38. The van der Waals surface area contributed by atoms with Gasteiger partial charge in [0.1, 0.15) is 6.29 Å². The normalized spacial score (nSPS) is 14.3. The first-order valence-corrected chi connectivity index (χ1v) is 7.38. The van der Waals surface area contributed by atoms with E-state index in [0.29, 0.717) is 12.3 Å². The Bertz CT molecular complexity index is 271. The predicted molar refractivity (Wildman–Crippen MR) is 77.9 cm³/mol. The molecule has 0 saturated carbocycles. The summed E-state index contributed by atoms with van der Waals surface area (Å²) in [6.07, 6.45) is 11.4. The fourth-order valence-corrected chi connectivity index (χ4v) is 2.44. The Kier molecular flexibility index (Phi) is 11.2. The highest BCUT2D eigenvalue weighted by molar-refractivity contribution is 5.69. The number of ether oxygens (including phenoxy) is 1. The summed E-state index contributed by atoms with van der Waals surface area (Å²) in [6.45, 7) is 4.30. The van der Waals surface area contributed by atoms with Crippen molar-refractivity contribution in [2.24, 2.45) is 11.8 Å². The zero-order chi connectivity index (χ0) is 14.5. The fourth-order valence-electron chi connectivity index (χ4n) is 2.44. The van der Waals surface area contributed by atoms with E-state index in [1.807, 2.05) is 6.08 Å². The number of allylic oxidation sites excluding steroid dienone is 2. The second-order valence-electron chi connectivity index (χ2n) is 5.01. The summed E-state index contributed by atoms with van der Waals surface area (Å²) in [6, 6.07) is 0. The molecule has 3 nitrogen and oxygen atoms in total. The van der Waals surface area contributed by atoms with Gasteiger partial charge in [-0.1, -0.05) is 45.6 Å². The van der Waals surface area contributed by atoms with Crippen LogP contribution in [0.1, 0.15) is 58.8 Å². The Hall–Kier alpha value is -1.12. The third-order valence-corrected chi connectivity index (χ3v) is 3.50. The summed E-state index contributed by atoms with van der Waals surface area (Å²) in [4.78, 5) is 22.0. The van der Waals surface area contributed by atoms with Crippen molar-refractivity contribution in [1.82, 2.24) is 0 Å². The summed E-state index contributed by atoms with van der Waals surface area (Å²) >= 11 is 0. The van der Waals surface area contributed by atoms with Crippen LogP contribution in [0.4, 0.5) is 0 Å². The third-order valence-electron chi connectivity index (χ3n) is 3.50. The van der Waals surface area contributed by atoms with Crippen LogP contribution in [-0.4, -0.2) is 19.4 Å². The van der Waals surface area contributed by atoms with Crippen molar-refractivity contribution in [3.05, 3.63) is 12.2 Å². The van der Waals surface area contributed by atoms with Gasteiger partial charge in [-0.2, -0.15) is 0 Å². The van der Waals surface area contributed by atoms with Crippen molar-refractivity contribution >= 4 is 12.3 Å². The van der Waals surface area contributed by atoms with Crippen LogP contribution in [0.5, 0.6) is 0 Å². The molecule has 0 saturated heterocycles. The van der Waals surface area contributed by atoms with Crippen molar-refractivity contribution in [2.45, 2.75) is 58.8 Å². The molecule has 0 radical (unpaired) electrons. The lowest BCUT2D eigenvalue weighted by molar-refractivity contribution is -0.142. The highest BCUT2D eigenvalue weighted by atomic mass is 16.5. The van der Waals surface area contributed by atoms with Gasteiger partial charge in [-0.15, -0.1) is 0 Å². The van der Waals surface area contributed by atoms with E-state index in [0.717, 1.165) is 32.0 Å². The van der Waals surface area contributed by atoms with Crippen LogP contribution in [0.2, 0.25) is 0 Å². The van der Waals surface area contributed by atoms with Gasteiger partial charge in [-0.25, -0.2) is 0 Å². The number of rotatable bonds is 11. The molecule has 0 bridgehead atoms. The molecule has 0 aliphatic heterocycles. The minimum Gasteiger partial charge on any atom is -0.469 e. The van der Waals surface area contributed by atoms with E-state index in [1.165, 1.54) is 20.0 Å². The number of carbonyl (C=O) groups excluding carboxylic acids is 2. The molecule has 0 heterocycles. The Morgan fingerprint density at radius 2 is 1.89 bits per heavy atom. The van der Waals surface area contributed by atoms with Gasteiger partial charge in [0.15, 0.2) is 0 Å². The van der Waals surface area contributed by atoms with Gasteiger partial charge >= 0.3 is 5.97 Å². The Balaban J connectivity index is 4.63. The maximum Gasteiger partial charge on any atom is 0.305 e. The van der Waals surface area contributed by atoms with Crippen LogP contribution in [0, 0.1) is 11.8 Å². The second-order valence-corrected chi connectivity index (χ2v) is 5.01. The number of unbranched alkanes of at least 4 members (excludes halogenated alkanes) is 2. The van der Waals surface area contributed by atoms with Gasteiger partial charge in [-0.3, -0.25) is 9.59 Å². The second kappa shape index (κ2) is 11.9. The zero-order valence-electron chi connectivity index (χ0n) is 12.6. The van der Waals surface area contributed by atoms with Crippen LogP contribution in [0.3, 0.4) is 0 Å². The molecule has 3 heteroatoms. The van der Waals surface area contributed by atoms with E-state index in [4.69, 9.17) is 4.74 Å². The predicted octanol–water partition coefficient (Wildman–Crippen LogP) is 3.92. The summed E-state index contributed by atoms with van der Waals surface area (Å²) in [5.74, 6) is 0.430. The van der Waals surface area contributed by atoms with Crippen molar-refractivity contribution in [2.75, 3.05) is 7.11 Å². The topological polar surface area (TPSA) is 43.4 Å². The largest absolute Gasteiger partial charge is 0.469 e. The highest BCUT2D eigenvalue weighted by Gasteiger charge is 2.21. The van der Waals surface area contributed by atoms with E-state index in [2.05, 4.69) is 13.8 Å². The van der Waals surface area contributed by atoms with Crippen LogP contribution in [0.15, 0.2) is 12.2 Å². The quantitative estimate of drug-likeness (QED) is 0.247. The lowest BCUT2D eigenvalue weighted by atomic mass is 9.82. The van der Waals surface area contributed by atoms with Gasteiger partial charge in [0, 0.05) is 6.42 Å². The summed E-state index contributed by atoms with van der Waals surface area (Å²) in [7, 11) is 1.43. The molecule has 110 valence electrons. The molecule has 0 N–H and O–H groups in total. The first kappa shape index (κ1) is 17.9. The maximum absolute atomic E-state index is 11.5. The molecular formula is C16H28O3. The van der Waals surface area contributed by atoms with Crippen molar-refractivity contribution < 1.29 is 14.3 Å². The van der Waals surface area contributed by atoms with Crippen LogP contribution in [-0.2, 0) is 14.3 Å². The Morgan fingerprint density at radius 3 is 2.42 bits per heavy atom. The molecule has 2 unspecified atom stereocenters. The van der Waals surface area contributed by atoms with E-state index in [9.17, 15) is 9.59 Å². The summed E-state index contributed by atoms with van der Waals surface area (Å²) < 4.78 is 4.77. The molecule has 0 aliphatic rings. The number of aldehydes is 1. The maximum atomic E-state index is 11.5. The van der Waals surface area contributed by atoms with E-state index in [1.54, 1.807) is 6.08 Å². The van der Waals surface area contributed by atoms with Gasteiger partial charge in [0.25, 0.3) is 0 Å². The van der Waals surface area contributed by atoms with Crippen LogP contribution >= 0.6 is 0 Å². The molecule has 0 aromatic carbocycles. The van der Waals surface area contributed by atoms with Crippen LogP contribution < -0.4 is 0 Å². The molecule has 19 heavy (non-hydrogen) atoms. The molecule has 0 aromatic heterocycles. The van der Waals surface area contributed by atoms with E-state index in [-0.39, 0.29) is 11.9 Å². The molecule has 0 fully saturated rings. The molecule has 0 aliphatic carbocycles. The SMILES string of the molecule is CCCCCC(/C=C/C=O)C(CCC)CC(=O)OC. The third kappa shape index (κ3) is 8.57. The zero-order valence-corrected chi connectivity index (χ0v) is 12.6. The number of carbonyl (C=O) groups is 2. The lowest BCUT2D eigenvalue weighted by Crippen LogP contribution is -2.18. The summed E-state index contributed by atoms with van der Waals surface area (Å²) in [5, 5.41) is 0. The first-order chi connectivity index (χ1) is 9.19.